The Morgan fingerprint density at radius 3 is 2.20 bits per heavy atom. The maximum absolute atomic E-state index is 12.1. The van der Waals surface area contributed by atoms with Crippen molar-refractivity contribution in [2.24, 2.45) is 0 Å². The topological polar surface area (TPSA) is 30.7 Å². The Morgan fingerprint density at radius 1 is 0.920 bits per heavy atom. The van der Waals surface area contributed by atoms with E-state index in [0.29, 0.717) is 17.0 Å². The molecule has 0 aliphatic rings. The Balaban J connectivity index is 1.79. The first kappa shape index (κ1) is 18.7. The van der Waals surface area contributed by atoms with Gasteiger partial charge in [-0.1, -0.05) is 75.4 Å². The highest BCUT2D eigenvalue weighted by atomic mass is 16.5. The van der Waals surface area contributed by atoms with Crippen molar-refractivity contribution in [1.82, 2.24) is 0 Å². The van der Waals surface area contributed by atoms with Crippen LogP contribution in [0.1, 0.15) is 61.4 Å². The number of rotatable bonds is 9. The van der Waals surface area contributed by atoms with Crippen LogP contribution in [0.4, 0.5) is 5.69 Å². The van der Waals surface area contributed by atoms with Crippen molar-refractivity contribution in [2.45, 2.75) is 51.9 Å². The molecular formula is C22H25NO2. The van der Waals surface area contributed by atoms with Gasteiger partial charge in [0.1, 0.15) is 5.75 Å². The summed E-state index contributed by atoms with van der Waals surface area (Å²) in [5, 5.41) is 0. The number of carbonyl (C=O) groups excluding carboxylic acids is 1. The number of unbranched alkanes of at least 4 members (excludes halogenated alkanes) is 5. The van der Waals surface area contributed by atoms with Crippen LogP contribution in [0.25, 0.3) is 4.85 Å². The molecule has 0 spiro atoms. The fraction of sp³-hybridized carbons (Fsp3) is 0.364. The van der Waals surface area contributed by atoms with E-state index in [1.165, 1.54) is 44.1 Å². The van der Waals surface area contributed by atoms with E-state index < -0.39 is 5.97 Å². The van der Waals surface area contributed by atoms with Gasteiger partial charge in [-0.05, 0) is 30.5 Å². The zero-order valence-electron chi connectivity index (χ0n) is 14.8. The predicted octanol–water partition coefficient (Wildman–Crippen LogP) is 6.36. The van der Waals surface area contributed by atoms with Crippen LogP contribution in [0.5, 0.6) is 5.75 Å². The second kappa shape index (κ2) is 10.3. The van der Waals surface area contributed by atoms with Gasteiger partial charge in [-0.25, -0.2) is 9.64 Å². The van der Waals surface area contributed by atoms with Crippen LogP contribution < -0.4 is 4.74 Å². The van der Waals surface area contributed by atoms with E-state index in [2.05, 4.69) is 11.8 Å². The Bertz CT molecular complexity index is 696. The molecule has 0 saturated heterocycles. The van der Waals surface area contributed by atoms with Gasteiger partial charge >= 0.3 is 5.97 Å². The molecule has 0 atom stereocenters. The third kappa shape index (κ3) is 6.43. The zero-order chi connectivity index (χ0) is 17.9. The summed E-state index contributed by atoms with van der Waals surface area (Å²) in [6.45, 7) is 9.15. The summed E-state index contributed by atoms with van der Waals surface area (Å²) in [5.41, 5.74) is 2.23. The van der Waals surface area contributed by atoms with E-state index in [1.54, 1.807) is 24.3 Å². The van der Waals surface area contributed by atoms with E-state index in [-0.39, 0.29) is 0 Å². The smallest absolute Gasteiger partial charge is 0.343 e. The highest BCUT2D eigenvalue weighted by Gasteiger charge is 2.08. The van der Waals surface area contributed by atoms with Crippen LogP contribution >= 0.6 is 0 Å². The zero-order valence-corrected chi connectivity index (χ0v) is 14.8. The molecule has 2 aromatic carbocycles. The van der Waals surface area contributed by atoms with Gasteiger partial charge in [0, 0.05) is 0 Å². The maximum atomic E-state index is 12.1. The standard InChI is InChI=1S/C22H25NO2/c1-3-4-5-6-7-8-9-18-10-16-21(17-11-18)25-22(24)19-12-14-20(23-2)15-13-19/h10-17H,3-9H2,1H3. The second-order valence-electron chi connectivity index (χ2n) is 6.21. The lowest BCUT2D eigenvalue weighted by Gasteiger charge is -2.06. The van der Waals surface area contributed by atoms with Gasteiger partial charge in [-0.15, -0.1) is 0 Å². The molecule has 0 N–H and O–H groups in total. The molecular weight excluding hydrogens is 310 g/mol. The average molecular weight is 335 g/mol. The van der Waals surface area contributed by atoms with Crippen molar-refractivity contribution in [3.05, 3.63) is 71.1 Å². The van der Waals surface area contributed by atoms with Crippen LogP contribution in [-0.4, -0.2) is 5.97 Å². The van der Waals surface area contributed by atoms with Crippen LogP contribution in [0.15, 0.2) is 48.5 Å². The summed E-state index contributed by atoms with van der Waals surface area (Å²) in [4.78, 5) is 15.4. The first-order valence-electron chi connectivity index (χ1n) is 9.01. The molecule has 3 heteroatoms. The SMILES string of the molecule is [C-]#[N+]c1ccc(C(=O)Oc2ccc(CCCCCCCC)cc2)cc1. The monoisotopic (exact) mass is 335 g/mol. The third-order valence-electron chi connectivity index (χ3n) is 4.19. The fourth-order valence-electron chi connectivity index (χ4n) is 2.67. The Kier molecular flexibility index (Phi) is 7.72. The van der Waals surface area contributed by atoms with Gasteiger partial charge in [0.05, 0.1) is 12.1 Å². The Morgan fingerprint density at radius 2 is 1.56 bits per heavy atom. The van der Waals surface area contributed by atoms with Crippen molar-refractivity contribution in [3.63, 3.8) is 0 Å². The number of nitrogens with zero attached hydrogens (tertiary/aromatic N) is 1. The molecule has 0 aliphatic carbocycles. The molecule has 0 fully saturated rings. The minimum absolute atomic E-state index is 0.403. The van der Waals surface area contributed by atoms with Gasteiger partial charge in [0.25, 0.3) is 0 Å². The number of hydrogen-bond acceptors (Lipinski definition) is 2. The summed E-state index contributed by atoms with van der Waals surface area (Å²) in [7, 11) is 0. The van der Waals surface area contributed by atoms with Gasteiger partial charge in [-0.2, -0.15) is 0 Å². The quantitative estimate of drug-likeness (QED) is 0.231. The predicted molar refractivity (Wildman–Crippen MR) is 101 cm³/mol. The molecule has 2 rings (SSSR count). The van der Waals surface area contributed by atoms with Gasteiger partial charge in [-0.3, -0.25) is 0 Å². The molecule has 0 bridgehead atoms. The molecule has 0 saturated carbocycles. The normalized spacial score (nSPS) is 10.2. The lowest BCUT2D eigenvalue weighted by Crippen LogP contribution is -2.08. The molecule has 0 heterocycles. The number of benzene rings is 2. The first-order chi connectivity index (χ1) is 12.2. The van der Waals surface area contributed by atoms with Gasteiger partial charge in [0.15, 0.2) is 5.69 Å². The summed E-state index contributed by atoms with van der Waals surface area (Å²) < 4.78 is 5.38. The molecule has 0 unspecified atom stereocenters. The van der Waals surface area contributed by atoms with E-state index in [4.69, 9.17) is 11.3 Å². The van der Waals surface area contributed by atoms with E-state index in [0.717, 1.165) is 6.42 Å². The van der Waals surface area contributed by atoms with Crippen molar-refractivity contribution in [1.29, 1.82) is 0 Å². The molecule has 2 aromatic rings. The molecule has 25 heavy (non-hydrogen) atoms. The van der Waals surface area contributed by atoms with Gasteiger partial charge in [0.2, 0.25) is 0 Å². The number of ether oxygens (including phenoxy) is 1. The number of hydrogen-bond donors (Lipinski definition) is 0. The average Bonchev–Trinajstić information content (AvgIpc) is 2.66. The minimum Gasteiger partial charge on any atom is -0.423 e. The second-order valence-corrected chi connectivity index (χ2v) is 6.21. The summed E-state index contributed by atoms with van der Waals surface area (Å²) in [6.07, 6.45) is 8.81. The molecule has 3 nitrogen and oxygen atoms in total. The molecule has 0 aromatic heterocycles. The van der Waals surface area contributed by atoms with Crippen LogP contribution in [0.2, 0.25) is 0 Å². The molecule has 0 aliphatic heterocycles. The molecule has 0 amide bonds. The fourth-order valence-corrected chi connectivity index (χ4v) is 2.67. The molecule has 0 radical (unpaired) electrons. The minimum atomic E-state index is -0.403. The van der Waals surface area contributed by atoms with E-state index in [1.807, 2.05) is 24.3 Å². The largest absolute Gasteiger partial charge is 0.423 e. The van der Waals surface area contributed by atoms with Crippen molar-refractivity contribution in [3.8, 4) is 5.75 Å². The van der Waals surface area contributed by atoms with Crippen molar-refractivity contribution >= 4 is 11.7 Å². The van der Waals surface area contributed by atoms with E-state index in [9.17, 15) is 4.79 Å². The van der Waals surface area contributed by atoms with Crippen LogP contribution in [0.3, 0.4) is 0 Å². The Hall–Kier alpha value is -2.60. The summed E-state index contributed by atoms with van der Waals surface area (Å²) >= 11 is 0. The highest BCUT2D eigenvalue weighted by Crippen LogP contribution is 2.18. The van der Waals surface area contributed by atoms with E-state index >= 15 is 0 Å². The van der Waals surface area contributed by atoms with Crippen molar-refractivity contribution < 1.29 is 9.53 Å². The summed E-state index contributed by atoms with van der Waals surface area (Å²) in [5.74, 6) is 0.145. The highest BCUT2D eigenvalue weighted by molar-refractivity contribution is 5.91. The van der Waals surface area contributed by atoms with Crippen molar-refractivity contribution in [2.75, 3.05) is 0 Å². The first-order valence-corrected chi connectivity index (χ1v) is 9.01. The lowest BCUT2D eigenvalue weighted by atomic mass is 10.0. The number of carbonyl (C=O) groups is 1. The van der Waals surface area contributed by atoms with Crippen LogP contribution in [0, 0.1) is 6.57 Å². The number of aryl methyl sites for hydroxylation is 1. The third-order valence-corrected chi connectivity index (χ3v) is 4.19. The van der Waals surface area contributed by atoms with Gasteiger partial charge < -0.3 is 4.74 Å². The Labute approximate surface area is 150 Å². The summed E-state index contributed by atoms with van der Waals surface area (Å²) in [6, 6.07) is 14.2. The lowest BCUT2D eigenvalue weighted by molar-refractivity contribution is 0.0735. The number of esters is 1. The maximum Gasteiger partial charge on any atom is 0.343 e. The molecule has 130 valence electrons. The van der Waals surface area contributed by atoms with Crippen LogP contribution in [-0.2, 0) is 6.42 Å².